The SMILES string of the molecule is Clc1ccc(N2CC[NH2+]CC2)nc1. The van der Waals surface area contributed by atoms with Gasteiger partial charge in [0.05, 0.1) is 31.2 Å². The van der Waals surface area contributed by atoms with Crippen LogP contribution >= 0.6 is 11.6 Å². The van der Waals surface area contributed by atoms with Crippen molar-refractivity contribution in [2.24, 2.45) is 0 Å². The van der Waals surface area contributed by atoms with Gasteiger partial charge in [0.15, 0.2) is 0 Å². The highest BCUT2D eigenvalue weighted by Crippen LogP contribution is 2.13. The Morgan fingerprint density at radius 3 is 2.69 bits per heavy atom. The minimum atomic E-state index is 0.701. The highest BCUT2D eigenvalue weighted by Gasteiger charge is 2.12. The Balaban J connectivity index is 2.10. The summed E-state index contributed by atoms with van der Waals surface area (Å²) in [7, 11) is 0. The second-order valence-corrected chi connectivity index (χ2v) is 3.62. The molecule has 0 radical (unpaired) electrons. The molecule has 1 saturated heterocycles. The van der Waals surface area contributed by atoms with Crippen LogP contribution in [0.1, 0.15) is 0 Å². The number of anilines is 1. The maximum absolute atomic E-state index is 5.76. The van der Waals surface area contributed by atoms with Gasteiger partial charge in [-0.3, -0.25) is 0 Å². The number of aromatic nitrogens is 1. The van der Waals surface area contributed by atoms with Gasteiger partial charge in [0.25, 0.3) is 0 Å². The van der Waals surface area contributed by atoms with Crippen LogP contribution in [-0.4, -0.2) is 31.2 Å². The van der Waals surface area contributed by atoms with Gasteiger partial charge in [0, 0.05) is 6.20 Å². The Morgan fingerprint density at radius 1 is 1.31 bits per heavy atom. The van der Waals surface area contributed by atoms with Gasteiger partial charge >= 0.3 is 0 Å². The van der Waals surface area contributed by atoms with E-state index in [1.54, 1.807) is 6.20 Å². The molecule has 0 unspecified atom stereocenters. The van der Waals surface area contributed by atoms with E-state index in [1.807, 2.05) is 12.1 Å². The number of hydrogen-bond donors (Lipinski definition) is 1. The van der Waals surface area contributed by atoms with E-state index in [0.717, 1.165) is 32.0 Å². The van der Waals surface area contributed by atoms with Crippen molar-refractivity contribution < 1.29 is 5.32 Å². The molecule has 2 N–H and O–H groups in total. The van der Waals surface area contributed by atoms with E-state index in [-0.39, 0.29) is 0 Å². The molecule has 0 atom stereocenters. The number of piperazine rings is 1. The zero-order chi connectivity index (χ0) is 9.10. The number of nitrogens with zero attached hydrogens (tertiary/aromatic N) is 2. The number of pyridine rings is 1. The van der Waals surface area contributed by atoms with Crippen molar-refractivity contribution in [3.8, 4) is 0 Å². The molecule has 70 valence electrons. The van der Waals surface area contributed by atoms with Crippen molar-refractivity contribution in [3.63, 3.8) is 0 Å². The molecule has 1 aliphatic rings. The Morgan fingerprint density at radius 2 is 2.08 bits per heavy atom. The predicted octanol–water partition coefficient (Wildman–Crippen LogP) is 0.118. The van der Waals surface area contributed by atoms with Crippen molar-refractivity contribution in [1.29, 1.82) is 0 Å². The predicted molar refractivity (Wildman–Crippen MR) is 53.1 cm³/mol. The van der Waals surface area contributed by atoms with Crippen LogP contribution in [0.4, 0.5) is 5.82 Å². The first kappa shape index (κ1) is 8.78. The minimum absolute atomic E-state index is 0.701. The fourth-order valence-electron chi connectivity index (χ4n) is 1.53. The first-order valence-electron chi connectivity index (χ1n) is 4.54. The lowest BCUT2D eigenvalue weighted by Gasteiger charge is -2.25. The van der Waals surface area contributed by atoms with Crippen LogP contribution < -0.4 is 10.2 Å². The van der Waals surface area contributed by atoms with Crippen LogP contribution in [-0.2, 0) is 0 Å². The summed E-state index contributed by atoms with van der Waals surface area (Å²) in [6.45, 7) is 4.47. The molecule has 13 heavy (non-hydrogen) atoms. The molecule has 0 aliphatic carbocycles. The lowest BCUT2D eigenvalue weighted by Crippen LogP contribution is -2.89. The van der Waals surface area contributed by atoms with Gasteiger partial charge in [-0.15, -0.1) is 0 Å². The van der Waals surface area contributed by atoms with E-state index in [2.05, 4.69) is 15.2 Å². The van der Waals surface area contributed by atoms with E-state index in [9.17, 15) is 0 Å². The zero-order valence-electron chi connectivity index (χ0n) is 7.41. The van der Waals surface area contributed by atoms with Gasteiger partial charge in [0.2, 0.25) is 0 Å². The van der Waals surface area contributed by atoms with Crippen LogP contribution in [0, 0.1) is 0 Å². The largest absolute Gasteiger partial charge is 0.345 e. The van der Waals surface area contributed by atoms with Crippen molar-refractivity contribution in [3.05, 3.63) is 23.4 Å². The first-order valence-corrected chi connectivity index (χ1v) is 4.92. The Hall–Kier alpha value is -0.800. The average Bonchev–Trinajstić information content (AvgIpc) is 2.20. The lowest BCUT2D eigenvalue weighted by atomic mass is 10.3. The number of nitrogens with two attached hydrogens (primary N) is 1. The second kappa shape index (κ2) is 3.94. The quantitative estimate of drug-likeness (QED) is 0.696. The third-order valence-corrected chi connectivity index (χ3v) is 2.47. The Bertz CT molecular complexity index is 267. The molecular formula is C9H13ClN3+. The molecule has 1 aliphatic heterocycles. The summed E-state index contributed by atoms with van der Waals surface area (Å²) in [6, 6.07) is 3.87. The summed E-state index contributed by atoms with van der Waals surface area (Å²) >= 11 is 5.76. The van der Waals surface area contributed by atoms with Gasteiger partial charge in [-0.1, -0.05) is 11.6 Å². The number of rotatable bonds is 1. The summed E-state index contributed by atoms with van der Waals surface area (Å²) in [5.74, 6) is 1.04. The Labute approximate surface area is 82.7 Å². The summed E-state index contributed by atoms with van der Waals surface area (Å²) in [4.78, 5) is 6.57. The first-order chi connectivity index (χ1) is 6.36. The zero-order valence-corrected chi connectivity index (χ0v) is 8.17. The molecule has 2 rings (SSSR count). The minimum Gasteiger partial charge on any atom is -0.345 e. The smallest absolute Gasteiger partial charge is 0.128 e. The molecule has 0 amide bonds. The highest BCUT2D eigenvalue weighted by molar-refractivity contribution is 6.30. The van der Waals surface area contributed by atoms with Crippen LogP contribution in [0.3, 0.4) is 0 Å². The molecule has 1 fully saturated rings. The maximum Gasteiger partial charge on any atom is 0.128 e. The number of quaternary nitrogens is 1. The molecule has 0 spiro atoms. The normalized spacial score (nSPS) is 17.5. The maximum atomic E-state index is 5.76. The van der Waals surface area contributed by atoms with Gasteiger partial charge in [0.1, 0.15) is 5.82 Å². The fraction of sp³-hybridized carbons (Fsp3) is 0.444. The van der Waals surface area contributed by atoms with Crippen LogP contribution in [0.5, 0.6) is 0 Å². The molecule has 0 aromatic carbocycles. The van der Waals surface area contributed by atoms with Gasteiger partial charge in [-0.25, -0.2) is 4.98 Å². The molecule has 4 heteroatoms. The van der Waals surface area contributed by atoms with Gasteiger partial charge < -0.3 is 10.2 Å². The number of halogens is 1. The standard InChI is InChI=1S/C9H12ClN3/c10-8-1-2-9(12-7-8)13-5-3-11-4-6-13/h1-2,7,11H,3-6H2/p+1. The third kappa shape index (κ3) is 2.11. The van der Waals surface area contributed by atoms with E-state index < -0.39 is 0 Å². The van der Waals surface area contributed by atoms with E-state index in [4.69, 9.17) is 11.6 Å². The summed E-state index contributed by atoms with van der Waals surface area (Å²) in [6.07, 6.45) is 1.70. The van der Waals surface area contributed by atoms with E-state index in [1.165, 1.54) is 0 Å². The molecular weight excluding hydrogens is 186 g/mol. The lowest BCUT2D eigenvalue weighted by molar-refractivity contribution is -0.655. The van der Waals surface area contributed by atoms with Crippen LogP contribution in [0.2, 0.25) is 5.02 Å². The fourth-order valence-corrected chi connectivity index (χ4v) is 1.65. The molecule has 3 nitrogen and oxygen atoms in total. The Kier molecular flexibility index (Phi) is 2.66. The van der Waals surface area contributed by atoms with E-state index in [0.29, 0.717) is 5.02 Å². The average molecular weight is 199 g/mol. The molecule has 0 saturated carbocycles. The highest BCUT2D eigenvalue weighted by atomic mass is 35.5. The van der Waals surface area contributed by atoms with E-state index >= 15 is 0 Å². The summed E-state index contributed by atoms with van der Waals surface area (Å²) < 4.78 is 0. The molecule has 1 aromatic rings. The third-order valence-electron chi connectivity index (χ3n) is 2.24. The number of hydrogen-bond acceptors (Lipinski definition) is 2. The van der Waals surface area contributed by atoms with Crippen molar-refractivity contribution in [1.82, 2.24) is 4.98 Å². The molecule has 1 aromatic heterocycles. The van der Waals surface area contributed by atoms with Crippen molar-refractivity contribution in [2.45, 2.75) is 0 Å². The van der Waals surface area contributed by atoms with Gasteiger partial charge in [-0.2, -0.15) is 0 Å². The monoisotopic (exact) mass is 198 g/mol. The van der Waals surface area contributed by atoms with Crippen molar-refractivity contribution in [2.75, 3.05) is 31.1 Å². The summed E-state index contributed by atoms with van der Waals surface area (Å²) in [5.41, 5.74) is 0. The molecule has 2 heterocycles. The summed E-state index contributed by atoms with van der Waals surface area (Å²) in [5, 5.41) is 3.03. The van der Waals surface area contributed by atoms with Gasteiger partial charge in [-0.05, 0) is 12.1 Å². The van der Waals surface area contributed by atoms with Crippen LogP contribution in [0.15, 0.2) is 18.3 Å². The van der Waals surface area contributed by atoms with Crippen molar-refractivity contribution >= 4 is 17.4 Å². The molecule has 0 bridgehead atoms. The topological polar surface area (TPSA) is 32.7 Å². The van der Waals surface area contributed by atoms with Crippen LogP contribution in [0.25, 0.3) is 0 Å². The second-order valence-electron chi connectivity index (χ2n) is 3.19.